The Morgan fingerprint density at radius 1 is 1.21 bits per heavy atom. The number of nitrogens with one attached hydrogen (secondary N) is 2. The summed E-state index contributed by atoms with van der Waals surface area (Å²) in [5.41, 5.74) is 2.00. The molecule has 2 aromatic carbocycles. The molecule has 3 N–H and O–H groups in total. The summed E-state index contributed by atoms with van der Waals surface area (Å²) in [5.74, 6) is 1.13. The first-order chi connectivity index (χ1) is 11.7. The van der Waals surface area contributed by atoms with Gasteiger partial charge in [-0.1, -0.05) is 48.5 Å². The number of amides is 2. The molecule has 1 aliphatic rings. The number of carbonyl (C=O) groups is 1. The van der Waals surface area contributed by atoms with Gasteiger partial charge in [-0.2, -0.15) is 0 Å². The first-order valence-corrected chi connectivity index (χ1v) is 8.08. The van der Waals surface area contributed by atoms with E-state index in [0.29, 0.717) is 0 Å². The molecule has 1 fully saturated rings. The van der Waals surface area contributed by atoms with Crippen molar-refractivity contribution in [2.75, 3.05) is 13.7 Å². The highest BCUT2D eigenvalue weighted by molar-refractivity contribution is 5.75. The molecule has 1 aliphatic carbocycles. The van der Waals surface area contributed by atoms with Crippen molar-refractivity contribution in [2.45, 2.75) is 24.4 Å². The molecule has 24 heavy (non-hydrogen) atoms. The summed E-state index contributed by atoms with van der Waals surface area (Å²) in [7, 11) is 1.65. The lowest BCUT2D eigenvalue weighted by Gasteiger charge is -2.17. The van der Waals surface area contributed by atoms with Crippen LogP contribution in [0.4, 0.5) is 4.79 Å². The number of methoxy groups -OCH3 is 1. The fourth-order valence-corrected chi connectivity index (χ4v) is 2.96. The maximum absolute atomic E-state index is 12.2. The van der Waals surface area contributed by atoms with Crippen LogP contribution < -0.4 is 15.4 Å². The molecule has 0 saturated heterocycles. The third-order valence-corrected chi connectivity index (χ3v) is 4.34. The molecule has 0 aliphatic heterocycles. The molecule has 3 atom stereocenters. The van der Waals surface area contributed by atoms with Gasteiger partial charge in [0.05, 0.1) is 19.8 Å². The molecule has 2 aromatic rings. The van der Waals surface area contributed by atoms with E-state index in [2.05, 4.69) is 10.6 Å². The van der Waals surface area contributed by atoms with Crippen molar-refractivity contribution in [1.29, 1.82) is 0 Å². The quantitative estimate of drug-likeness (QED) is 0.764. The average molecular weight is 326 g/mol. The first kappa shape index (κ1) is 16.3. The number of hydrogen-bond acceptors (Lipinski definition) is 3. The minimum absolute atomic E-state index is 0.0939. The maximum Gasteiger partial charge on any atom is 0.315 e. The molecule has 2 amide bonds. The van der Waals surface area contributed by atoms with Crippen molar-refractivity contribution < 1.29 is 14.6 Å². The van der Waals surface area contributed by atoms with Crippen LogP contribution >= 0.6 is 0 Å². The summed E-state index contributed by atoms with van der Waals surface area (Å²) in [6, 6.07) is 16.7. The number of benzene rings is 2. The van der Waals surface area contributed by atoms with E-state index in [9.17, 15) is 9.90 Å². The van der Waals surface area contributed by atoms with Gasteiger partial charge in [-0.3, -0.25) is 0 Å². The van der Waals surface area contributed by atoms with Crippen molar-refractivity contribution in [3.8, 4) is 5.75 Å². The van der Waals surface area contributed by atoms with Gasteiger partial charge < -0.3 is 20.5 Å². The molecule has 5 nitrogen and oxygen atoms in total. The van der Waals surface area contributed by atoms with Gasteiger partial charge in [0.1, 0.15) is 5.75 Å². The third kappa shape index (κ3) is 3.68. The van der Waals surface area contributed by atoms with Crippen LogP contribution in [0.5, 0.6) is 5.75 Å². The highest BCUT2D eigenvalue weighted by atomic mass is 16.5. The second kappa shape index (κ2) is 7.36. The summed E-state index contributed by atoms with van der Waals surface area (Å²) < 4.78 is 5.38. The smallest absolute Gasteiger partial charge is 0.315 e. The van der Waals surface area contributed by atoms with Crippen molar-refractivity contribution in [1.82, 2.24) is 10.6 Å². The lowest BCUT2D eigenvalue weighted by Crippen LogP contribution is -2.40. The van der Waals surface area contributed by atoms with Gasteiger partial charge in [-0.15, -0.1) is 0 Å². The second-order valence-corrected chi connectivity index (χ2v) is 5.95. The van der Waals surface area contributed by atoms with Crippen molar-refractivity contribution in [2.24, 2.45) is 0 Å². The average Bonchev–Trinajstić information content (AvgIpc) is 3.39. The zero-order valence-electron chi connectivity index (χ0n) is 13.6. The van der Waals surface area contributed by atoms with Gasteiger partial charge in [-0.25, -0.2) is 4.79 Å². The molecule has 0 unspecified atom stereocenters. The summed E-state index contributed by atoms with van der Waals surface area (Å²) in [4.78, 5) is 12.2. The number of urea groups is 1. The fourth-order valence-electron chi connectivity index (χ4n) is 2.96. The van der Waals surface area contributed by atoms with Gasteiger partial charge in [0.15, 0.2) is 0 Å². The van der Waals surface area contributed by atoms with Crippen LogP contribution in [0.1, 0.15) is 29.5 Å². The summed E-state index contributed by atoms with van der Waals surface area (Å²) in [5, 5.41) is 15.3. The predicted octanol–water partition coefficient (Wildman–Crippen LogP) is 2.58. The standard InChI is InChI=1S/C19H22N2O3/c1-24-18-10-6-5-9-14(18)15-11-16(15)20-19(23)21-17(12-22)13-7-3-2-4-8-13/h2-10,15-17,22H,11-12H2,1H3,(H2,20,21,23)/t15-,16+,17-/m0/s1. The highest BCUT2D eigenvalue weighted by Crippen LogP contribution is 2.44. The Labute approximate surface area is 141 Å². The van der Waals surface area contributed by atoms with Gasteiger partial charge in [0.2, 0.25) is 0 Å². The van der Waals surface area contributed by atoms with E-state index in [1.54, 1.807) is 7.11 Å². The van der Waals surface area contributed by atoms with Crippen molar-refractivity contribution in [3.63, 3.8) is 0 Å². The van der Waals surface area contributed by atoms with Gasteiger partial charge in [0.25, 0.3) is 0 Å². The van der Waals surface area contributed by atoms with Crippen molar-refractivity contribution in [3.05, 3.63) is 65.7 Å². The number of aliphatic hydroxyl groups is 1. The minimum Gasteiger partial charge on any atom is -0.496 e. The summed E-state index contributed by atoms with van der Waals surface area (Å²) in [6.45, 7) is -0.141. The van der Waals surface area contributed by atoms with Crippen LogP contribution in [0.2, 0.25) is 0 Å². The van der Waals surface area contributed by atoms with E-state index in [1.807, 2.05) is 54.6 Å². The molecule has 0 aromatic heterocycles. The number of carbonyl (C=O) groups excluding carboxylic acids is 1. The minimum atomic E-state index is -0.408. The fraction of sp³-hybridized carbons (Fsp3) is 0.316. The molecule has 126 valence electrons. The number of para-hydroxylation sites is 1. The molecule has 0 bridgehead atoms. The third-order valence-electron chi connectivity index (χ3n) is 4.34. The molecular formula is C19H22N2O3. The second-order valence-electron chi connectivity index (χ2n) is 5.95. The van der Waals surface area contributed by atoms with Crippen LogP contribution in [-0.2, 0) is 0 Å². The molecular weight excluding hydrogens is 304 g/mol. The first-order valence-electron chi connectivity index (χ1n) is 8.08. The summed E-state index contributed by atoms with van der Waals surface area (Å²) >= 11 is 0. The van der Waals surface area contributed by atoms with Crippen LogP contribution in [-0.4, -0.2) is 30.9 Å². The number of ether oxygens (including phenoxy) is 1. The largest absolute Gasteiger partial charge is 0.496 e. The van der Waals surface area contributed by atoms with Crippen LogP contribution in [0.3, 0.4) is 0 Å². The monoisotopic (exact) mass is 326 g/mol. The van der Waals surface area contributed by atoms with E-state index < -0.39 is 6.04 Å². The van der Waals surface area contributed by atoms with Gasteiger partial charge in [-0.05, 0) is 23.6 Å². The van der Waals surface area contributed by atoms with Crippen LogP contribution in [0.15, 0.2) is 54.6 Å². The molecule has 5 heteroatoms. The van der Waals surface area contributed by atoms with E-state index in [0.717, 1.165) is 23.3 Å². The zero-order valence-corrected chi connectivity index (χ0v) is 13.6. The summed E-state index contributed by atoms with van der Waals surface area (Å²) in [6.07, 6.45) is 0.892. The maximum atomic E-state index is 12.2. The Hall–Kier alpha value is -2.53. The zero-order chi connectivity index (χ0) is 16.9. The number of hydrogen-bond donors (Lipinski definition) is 3. The SMILES string of the molecule is COc1ccccc1[C@@H]1C[C@H]1NC(=O)N[C@@H](CO)c1ccccc1. The molecule has 1 saturated carbocycles. The molecule has 0 heterocycles. The topological polar surface area (TPSA) is 70.6 Å². The molecule has 0 radical (unpaired) electrons. The van der Waals surface area contributed by atoms with Crippen LogP contribution in [0, 0.1) is 0 Å². The van der Waals surface area contributed by atoms with E-state index >= 15 is 0 Å². The number of rotatable bonds is 6. The Kier molecular flexibility index (Phi) is 5.01. The predicted molar refractivity (Wildman–Crippen MR) is 92.1 cm³/mol. The van der Waals surface area contributed by atoms with Crippen molar-refractivity contribution >= 4 is 6.03 Å². The van der Waals surface area contributed by atoms with Gasteiger partial charge >= 0.3 is 6.03 Å². The lowest BCUT2D eigenvalue weighted by molar-refractivity contribution is 0.216. The van der Waals surface area contributed by atoms with E-state index in [1.165, 1.54) is 0 Å². The Morgan fingerprint density at radius 3 is 2.62 bits per heavy atom. The normalized spacial score (nSPS) is 20.1. The van der Waals surface area contributed by atoms with Crippen LogP contribution in [0.25, 0.3) is 0 Å². The molecule has 3 rings (SSSR count). The Morgan fingerprint density at radius 2 is 1.92 bits per heavy atom. The highest BCUT2D eigenvalue weighted by Gasteiger charge is 2.41. The van der Waals surface area contributed by atoms with E-state index in [4.69, 9.17) is 4.74 Å². The molecule has 0 spiro atoms. The number of aliphatic hydroxyl groups excluding tert-OH is 1. The Balaban J connectivity index is 1.57. The van der Waals surface area contributed by atoms with Gasteiger partial charge in [0, 0.05) is 12.0 Å². The lowest BCUT2D eigenvalue weighted by atomic mass is 10.1. The van der Waals surface area contributed by atoms with E-state index in [-0.39, 0.29) is 24.6 Å². The Bertz CT molecular complexity index is 690.